The molecule has 0 aliphatic rings. The summed E-state index contributed by atoms with van der Waals surface area (Å²) in [6.45, 7) is 9.12. The van der Waals surface area contributed by atoms with E-state index in [-0.39, 0.29) is 13.2 Å². The Morgan fingerprint density at radius 1 is 0.950 bits per heavy atom. The quantitative estimate of drug-likeness (QED) is 0.646. The van der Waals surface area contributed by atoms with Crippen LogP contribution in [0.4, 0.5) is 0 Å². The average molecular weight is 280 g/mol. The second kappa shape index (κ2) is 9.11. The second-order valence-electron chi connectivity index (χ2n) is 5.69. The fourth-order valence-electron chi connectivity index (χ4n) is 2.98. The molecule has 0 bridgehead atoms. The number of hydrogen-bond acceptors (Lipinski definition) is 2. The van der Waals surface area contributed by atoms with Crippen LogP contribution in [-0.4, -0.2) is 47.5 Å². The van der Waals surface area contributed by atoms with Crippen LogP contribution in [0.1, 0.15) is 32.3 Å². The van der Waals surface area contributed by atoms with E-state index in [0.717, 1.165) is 43.5 Å². The summed E-state index contributed by atoms with van der Waals surface area (Å²) in [5.74, 6) is 0.397. The zero-order chi connectivity index (χ0) is 14.8. The molecule has 0 aliphatic carbocycles. The van der Waals surface area contributed by atoms with Gasteiger partial charge in [-0.25, -0.2) is 0 Å². The van der Waals surface area contributed by atoms with Crippen LogP contribution in [0.2, 0.25) is 0 Å². The van der Waals surface area contributed by atoms with Gasteiger partial charge >= 0.3 is 0 Å². The zero-order valence-corrected chi connectivity index (χ0v) is 13.0. The van der Waals surface area contributed by atoms with E-state index in [4.69, 9.17) is 0 Å². The largest absolute Gasteiger partial charge is 0.396 e. The lowest BCUT2D eigenvalue weighted by Gasteiger charge is -2.39. The van der Waals surface area contributed by atoms with Crippen molar-refractivity contribution in [1.82, 2.24) is 0 Å². The minimum absolute atomic E-state index is 0.212. The van der Waals surface area contributed by atoms with E-state index in [2.05, 4.69) is 44.2 Å². The summed E-state index contributed by atoms with van der Waals surface area (Å²) in [6, 6.07) is 10.6. The number of hydrogen-bond donors (Lipinski definition) is 2. The summed E-state index contributed by atoms with van der Waals surface area (Å²) in [4.78, 5) is 0. The highest BCUT2D eigenvalue weighted by Gasteiger charge is 2.27. The van der Waals surface area contributed by atoms with Gasteiger partial charge in [-0.1, -0.05) is 30.3 Å². The van der Waals surface area contributed by atoms with Crippen LogP contribution in [0.5, 0.6) is 0 Å². The van der Waals surface area contributed by atoms with Gasteiger partial charge in [0.1, 0.15) is 6.54 Å². The molecule has 0 aliphatic heterocycles. The predicted octanol–water partition coefficient (Wildman–Crippen LogP) is 2.42. The Balaban J connectivity index is 2.78. The Morgan fingerprint density at radius 3 is 1.95 bits per heavy atom. The molecule has 0 atom stereocenters. The summed E-state index contributed by atoms with van der Waals surface area (Å²) in [5, 5.41) is 18.4. The molecular formula is C17H30NO2+. The van der Waals surface area contributed by atoms with Gasteiger partial charge in [0.25, 0.3) is 0 Å². The fraction of sp³-hybridized carbons (Fsp3) is 0.647. The Hall–Kier alpha value is -0.900. The molecule has 114 valence electrons. The second-order valence-corrected chi connectivity index (χ2v) is 5.69. The smallest absolute Gasteiger partial charge is 0.104 e. The number of nitrogens with zero attached hydrogens (tertiary/aromatic N) is 1. The van der Waals surface area contributed by atoms with Crippen LogP contribution in [0, 0.1) is 5.92 Å². The van der Waals surface area contributed by atoms with Gasteiger partial charge < -0.3 is 14.7 Å². The van der Waals surface area contributed by atoms with Gasteiger partial charge in [0.2, 0.25) is 0 Å². The minimum Gasteiger partial charge on any atom is -0.396 e. The van der Waals surface area contributed by atoms with Gasteiger partial charge in [0, 0.05) is 24.7 Å². The molecule has 0 spiro atoms. The molecule has 0 saturated carbocycles. The molecule has 0 unspecified atom stereocenters. The van der Waals surface area contributed by atoms with Crippen molar-refractivity contribution in [1.29, 1.82) is 0 Å². The van der Waals surface area contributed by atoms with Crippen molar-refractivity contribution < 1.29 is 14.7 Å². The molecule has 0 saturated heterocycles. The molecule has 0 aromatic heterocycles. The maximum Gasteiger partial charge on any atom is 0.104 e. The molecule has 2 N–H and O–H groups in total. The van der Waals surface area contributed by atoms with Crippen LogP contribution in [0.15, 0.2) is 30.3 Å². The van der Waals surface area contributed by atoms with Crippen LogP contribution in [-0.2, 0) is 6.54 Å². The highest BCUT2D eigenvalue weighted by Crippen LogP contribution is 2.20. The first-order valence-corrected chi connectivity index (χ1v) is 7.80. The summed E-state index contributed by atoms with van der Waals surface area (Å²) < 4.78 is 1.02. The summed E-state index contributed by atoms with van der Waals surface area (Å²) in [7, 11) is 0. The first-order chi connectivity index (χ1) is 9.69. The molecule has 3 nitrogen and oxygen atoms in total. The standard InChI is InChI=1S/C17H30NO2/c1-3-18(4-2,14-16-8-6-5-7-9-16)15-17(10-12-19)11-13-20/h5-9,17,19-20H,3-4,10-15H2,1-2H3/q+1. The van der Waals surface area contributed by atoms with Gasteiger partial charge in [-0.2, -0.15) is 0 Å². The summed E-state index contributed by atoms with van der Waals surface area (Å²) >= 11 is 0. The van der Waals surface area contributed by atoms with Crippen LogP contribution >= 0.6 is 0 Å². The van der Waals surface area contributed by atoms with E-state index in [1.807, 2.05) is 0 Å². The molecule has 1 aromatic carbocycles. The minimum atomic E-state index is 0.212. The van der Waals surface area contributed by atoms with E-state index in [1.54, 1.807) is 0 Å². The lowest BCUT2D eigenvalue weighted by atomic mass is 9.99. The number of quaternary nitrogens is 1. The van der Waals surface area contributed by atoms with Crippen LogP contribution in [0.25, 0.3) is 0 Å². The highest BCUT2D eigenvalue weighted by atomic mass is 16.3. The zero-order valence-electron chi connectivity index (χ0n) is 13.0. The van der Waals surface area contributed by atoms with E-state index in [1.165, 1.54) is 5.56 Å². The Morgan fingerprint density at radius 2 is 1.50 bits per heavy atom. The van der Waals surface area contributed by atoms with E-state index in [0.29, 0.717) is 5.92 Å². The maximum atomic E-state index is 9.21. The lowest BCUT2D eigenvalue weighted by Crippen LogP contribution is -2.50. The fourth-order valence-corrected chi connectivity index (χ4v) is 2.98. The molecule has 0 heterocycles. The topological polar surface area (TPSA) is 40.5 Å². The van der Waals surface area contributed by atoms with E-state index >= 15 is 0 Å². The lowest BCUT2D eigenvalue weighted by molar-refractivity contribution is -0.940. The number of rotatable bonds is 10. The molecule has 0 radical (unpaired) electrons. The first-order valence-electron chi connectivity index (χ1n) is 7.80. The van der Waals surface area contributed by atoms with Gasteiger partial charge in [-0.05, 0) is 26.7 Å². The Kier molecular flexibility index (Phi) is 7.82. The van der Waals surface area contributed by atoms with Gasteiger partial charge in [-0.3, -0.25) is 0 Å². The van der Waals surface area contributed by atoms with Crippen molar-refractivity contribution in [3.8, 4) is 0 Å². The summed E-state index contributed by atoms with van der Waals surface area (Å²) in [5.41, 5.74) is 1.36. The van der Waals surface area contributed by atoms with Crippen molar-refractivity contribution in [3.63, 3.8) is 0 Å². The molecule has 0 fully saturated rings. The SMILES string of the molecule is CC[N+](CC)(Cc1ccccc1)CC(CCO)CCO. The van der Waals surface area contributed by atoms with Crippen LogP contribution in [0.3, 0.4) is 0 Å². The third-order valence-corrected chi connectivity index (χ3v) is 4.42. The van der Waals surface area contributed by atoms with Gasteiger partial charge in [0.15, 0.2) is 0 Å². The number of benzene rings is 1. The van der Waals surface area contributed by atoms with E-state index < -0.39 is 0 Å². The predicted molar refractivity (Wildman–Crippen MR) is 83.3 cm³/mol. The third-order valence-electron chi connectivity index (χ3n) is 4.42. The molecule has 1 aromatic rings. The van der Waals surface area contributed by atoms with Crippen LogP contribution < -0.4 is 0 Å². The monoisotopic (exact) mass is 280 g/mol. The van der Waals surface area contributed by atoms with Crippen molar-refractivity contribution in [2.24, 2.45) is 5.92 Å². The average Bonchev–Trinajstić information content (AvgIpc) is 2.48. The maximum absolute atomic E-state index is 9.21. The number of aliphatic hydroxyl groups is 2. The third kappa shape index (κ3) is 5.23. The molecule has 1 rings (SSSR count). The normalized spacial score (nSPS) is 12.1. The highest BCUT2D eigenvalue weighted by molar-refractivity contribution is 5.13. The Labute approximate surface area is 123 Å². The Bertz CT molecular complexity index is 343. The number of aliphatic hydroxyl groups excluding tert-OH is 2. The molecular weight excluding hydrogens is 250 g/mol. The van der Waals surface area contributed by atoms with E-state index in [9.17, 15) is 10.2 Å². The van der Waals surface area contributed by atoms with Crippen molar-refractivity contribution in [3.05, 3.63) is 35.9 Å². The van der Waals surface area contributed by atoms with Crippen molar-refractivity contribution >= 4 is 0 Å². The van der Waals surface area contributed by atoms with Crippen molar-refractivity contribution in [2.75, 3.05) is 32.8 Å². The van der Waals surface area contributed by atoms with Crippen molar-refractivity contribution in [2.45, 2.75) is 33.2 Å². The molecule has 20 heavy (non-hydrogen) atoms. The van der Waals surface area contributed by atoms with Gasteiger partial charge in [0.05, 0.1) is 19.6 Å². The summed E-state index contributed by atoms with van der Waals surface area (Å²) in [6.07, 6.45) is 1.57. The molecule has 0 amide bonds. The van der Waals surface area contributed by atoms with Gasteiger partial charge in [-0.15, -0.1) is 0 Å². The first kappa shape index (κ1) is 17.2. The molecule has 3 heteroatoms.